The molecule has 0 aliphatic carbocycles. The van der Waals surface area contributed by atoms with Gasteiger partial charge >= 0.3 is 0 Å². The number of amides is 1. The Labute approximate surface area is 247 Å². The van der Waals surface area contributed by atoms with Crippen molar-refractivity contribution in [2.24, 2.45) is 0 Å². The fraction of sp³-hybridized carbons (Fsp3) is 0.125. The summed E-state index contributed by atoms with van der Waals surface area (Å²) in [7, 11) is 0. The van der Waals surface area contributed by atoms with Crippen LogP contribution in [0.25, 0.3) is 11.0 Å². The minimum absolute atomic E-state index is 0.0344. The fourth-order valence-electron chi connectivity index (χ4n) is 4.97. The van der Waals surface area contributed by atoms with E-state index in [0.29, 0.717) is 46.9 Å². The SMILES string of the molecule is CCOc1cc(C2c3c(oc4ccc(Br)cc4c3=O)C(=O)N2c2cccc(Br)c2)ccc1OCc1ccccc1. The average Bonchev–Trinajstić information content (AvgIpc) is 3.25. The van der Waals surface area contributed by atoms with Crippen LogP contribution in [0.3, 0.4) is 0 Å². The van der Waals surface area contributed by atoms with E-state index in [9.17, 15) is 9.59 Å². The predicted molar refractivity (Wildman–Crippen MR) is 161 cm³/mol. The molecule has 0 spiro atoms. The summed E-state index contributed by atoms with van der Waals surface area (Å²) in [5.41, 5.74) is 2.74. The maximum absolute atomic E-state index is 14.0. The highest BCUT2D eigenvalue weighted by Crippen LogP contribution is 2.44. The van der Waals surface area contributed by atoms with Crippen LogP contribution in [0.2, 0.25) is 0 Å². The molecule has 0 bridgehead atoms. The molecule has 1 aliphatic heterocycles. The topological polar surface area (TPSA) is 69.0 Å². The molecule has 0 saturated carbocycles. The lowest BCUT2D eigenvalue weighted by Crippen LogP contribution is -2.29. The van der Waals surface area contributed by atoms with E-state index in [2.05, 4.69) is 31.9 Å². The Kier molecular flexibility index (Phi) is 7.21. The lowest BCUT2D eigenvalue weighted by Gasteiger charge is -2.26. The van der Waals surface area contributed by atoms with Crippen LogP contribution in [-0.4, -0.2) is 12.5 Å². The van der Waals surface area contributed by atoms with Gasteiger partial charge in [0.25, 0.3) is 5.91 Å². The number of benzene rings is 4. The Morgan fingerprint density at radius 2 is 1.62 bits per heavy atom. The monoisotopic (exact) mass is 659 g/mol. The van der Waals surface area contributed by atoms with Crippen LogP contribution in [-0.2, 0) is 6.61 Å². The second kappa shape index (κ2) is 10.9. The summed E-state index contributed by atoms with van der Waals surface area (Å²) in [4.78, 5) is 29.5. The standard InChI is InChI=1S/C32H23Br2NO5/c1-2-38-27-15-20(11-13-26(27)39-18-19-7-4-3-5-8-19)29-28-30(36)24-17-22(34)12-14-25(24)40-31(28)32(37)35(29)23-10-6-9-21(33)16-23/h3-17,29H,2,18H2,1H3. The maximum atomic E-state index is 14.0. The van der Waals surface area contributed by atoms with E-state index < -0.39 is 6.04 Å². The second-order valence-electron chi connectivity index (χ2n) is 9.29. The molecule has 5 aromatic rings. The number of halogens is 2. The molecule has 200 valence electrons. The number of anilines is 1. The first-order valence-corrected chi connectivity index (χ1v) is 14.3. The molecule has 1 aromatic heterocycles. The molecular formula is C32H23Br2NO5. The third-order valence-corrected chi connectivity index (χ3v) is 7.73. The zero-order valence-electron chi connectivity index (χ0n) is 21.4. The Morgan fingerprint density at radius 3 is 2.40 bits per heavy atom. The quantitative estimate of drug-likeness (QED) is 0.177. The second-order valence-corrected chi connectivity index (χ2v) is 11.1. The molecule has 0 radical (unpaired) electrons. The van der Waals surface area contributed by atoms with Crippen LogP contribution in [0, 0.1) is 0 Å². The molecule has 1 amide bonds. The van der Waals surface area contributed by atoms with Crippen molar-refractivity contribution in [3.63, 3.8) is 0 Å². The molecule has 8 heteroatoms. The van der Waals surface area contributed by atoms with Crippen molar-refractivity contribution >= 4 is 54.4 Å². The van der Waals surface area contributed by atoms with Gasteiger partial charge in [0.1, 0.15) is 12.2 Å². The van der Waals surface area contributed by atoms with Crippen LogP contribution < -0.4 is 19.8 Å². The van der Waals surface area contributed by atoms with Crippen molar-refractivity contribution in [3.05, 3.63) is 133 Å². The Morgan fingerprint density at radius 1 is 0.825 bits per heavy atom. The van der Waals surface area contributed by atoms with Gasteiger partial charge in [-0.15, -0.1) is 0 Å². The number of rotatable bonds is 7. The molecule has 0 N–H and O–H groups in total. The van der Waals surface area contributed by atoms with Crippen molar-refractivity contribution in [2.45, 2.75) is 19.6 Å². The molecule has 2 heterocycles. The van der Waals surface area contributed by atoms with Gasteiger partial charge in [0, 0.05) is 14.6 Å². The molecule has 1 unspecified atom stereocenters. The van der Waals surface area contributed by atoms with Crippen LogP contribution in [0.4, 0.5) is 5.69 Å². The average molecular weight is 661 g/mol. The van der Waals surface area contributed by atoms with E-state index in [1.54, 1.807) is 23.1 Å². The summed E-state index contributed by atoms with van der Waals surface area (Å²) in [6, 6.07) is 27.3. The number of carbonyl (C=O) groups excluding carboxylic acids is 1. The zero-order valence-corrected chi connectivity index (χ0v) is 24.6. The van der Waals surface area contributed by atoms with Gasteiger partial charge in [-0.1, -0.05) is 74.3 Å². The summed E-state index contributed by atoms with van der Waals surface area (Å²) in [5, 5.41) is 0.398. The highest BCUT2D eigenvalue weighted by Gasteiger charge is 2.44. The van der Waals surface area contributed by atoms with Gasteiger partial charge in [0.15, 0.2) is 16.9 Å². The molecular weight excluding hydrogens is 638 g/mol. The van der Waals surface area contributed by atoms with E-state index >= 15 is 0 Å². The normalized spacial score (nSPS) is 14.4. The van der Waals surface area contributed by atoms with Crippen LogP contribution in [0.1, 0.15) is 40.2 Å². The molecule has 0 fully saturated rings. The van der Waals surface area contributed by atoms with Gasteiger partial charge in [-0.2, -0.15) is 0 Å². The molecule has 40 heavy (non-hydrogen) atoms. The van der Waals surface area contributed by atoms with Gasteiger partial charge in [0.05, 0.1) is 23.6 Å². The van der Waals surface area contributed by atoms with Crippen LogP contribution in [0.5, 0.6) is 11.5 Å². The smallest absolute Gasteiger partial charge is 0.295 e. The van der Waals surface area contributed by atoms with Crippen molar-refractivity contribution < 1.29 is 18.7 Å². The molecule has 4 aromatic carbocycles. The number of fused-ring (bicyclic) bond motifs is 2. The van der Waals surface area contributed by atoms with Gasteiger partial charge < -0.3 is 13.9 Å². The number of ether oxygens (including phenoxy) is 2. The van der Waals surface area contributed by atoms with Crippen molar-refractivity contribution in [1.82, 2.24) is 0 Å². The number of hydrogen-bond donors (Lipinski definition) is 0. The molecule has 0 saturated heterocycles. The maximum Gasteiger partial charge on any atom is 0.295 e. The van der Waals surface area contributed by atoms with E-state index in [4.69, 9.17) is 13.9 Å². The Bertz CT molecular complexity index is 1800. The Hall–Kier alpha value is -3.88. The lowest BCUT2D eigenvalue weighted by atomic mass is 9.97. The summed E-state index contributed by atoms with van der Waals surface area (Å²) in [6.07, 6.45) is 0. The van der Waals surface area contributed by atoms with Gasteiger partial charge in [-0.3, -0.25) is 14.5 Å². The highest BCUT2D eigenvalue weighted by atomic mass is 79.9. The predicted octanol–water partition coefficient (Wildman–Crippen LogP) is 8.05. The Balaban J connectivity index is 1.51. The third kappa shape index (κ3) is 4.82. The van der Waals surface area contributed by atoms with E-state index in [-0.39, 0.29) is 22.7 Å². The number of carbonyl (C=O) groups is 1. The summed E-state index contributed by atoms with van der Waals surface area (Å²) in [5.74, 6) is 0.746. The molecule has 1 atom stereocenters. The van der Waals surface area contributed by atoms with E-state index in [1.807, 2.05) is 79.7 Å². The van der Waals surface area contributed by atoms with Crippen LogP contribution >= 0.6 is 31.9 Å². The van der Waals surface area contributed by atoms with E-state index in [1.165, 1.54) is 0 Å². The number of hydrogen-bond acceptors (Lipinski definition) is 5. The zero-order chi connectivity index (χ0) is 27.8. The minimum atomic E-state index is -0.737. The first-order valence-electron chi connectivity index (χ1n) is 12.7. The van der Waals surface area contributed by atoms with Crippen molar-refractivity contribution in [3.8, 4) is 11.5 Å². The highest BCUT2D eigenvalue weighted by molar-refractivity contribution is 9.10. The minimum Gasteiger partial charge on any atom is -0.490 e. The largest absolute Gasteiger partial charge is 0.490 e. The van der Waals surface area contributed by atoms with Crippen molar-refractivity contribution in [2.75, 3.05) is 11.5 Å². The molecule has 6 rings (SSSR count). The first-order chi connectivity index (χ1) is 19.4. The van der Waals surface area contributed by atoms with Gasteiger partial charge in [0.2, 0.25) is 5.76 Å². The van der Waals surface area contributed by atoms with Crippen LogP contribution in [0.15, 0.2) is 109 Å². The van der Waals surface area contributed by atoms with Gasteiger partial charge in [-0.25, -0.2) is 0 Å². The molecule has 6 nitrogen and oxygen atoms in total. The third-order valence-electron chi connectivity index (χ3n) is 6.74. The summed E-state index contributed by atoms with van der Waals surface area (Å²) >= 11 is 6.96. The lowest BCUT2D eigenvalue weighted by molar-refractivity contribution is 0.0971. The van der Waals surface area contributed by atoms with Gasteiger partial charge in [-0.05, 0) is 66.6 Å². The summed E-state index contributed by atoms with van der Waals surface area (Å²) < 4.78 is 19.7. The van der Waals surface area contributed by atoms with E-state index in [0.717, 1.165) is 14.5 Å². The fourth-order valence-corrected chi connectivity index (χ4v) is 5.72. The molecule has 1 aliphatic rings. The first kappa shape index (κ1) is 26.3. The number of nitrogens with zero attached hydrogens (tertiary/aromatic N) is 1. The van der Waals surface area contributed by atoms with Crippen molar-refractivity contribution in [1.29, 1.82) is 0 Å². The summed E-state index contributed by atoms with van der Waals surface area (Å²) in [6.45, 7) is 2.69.